The van der Waals surface area contributed by atoms with Gasteiger partial charge in [-0.2, -0.15) is 0 Å². The Kier molecular flexibility index (Phi) is 11.2. The maximum absolute atomic E-state index is 6.25. The lowest BCUT2D eigenvalue weighted by molar-refractivity contribution is -0.697. The van der Waals surface area contributed by atoms with Crippen molar-refractivity contribution >= 4 is 0 Å². The molecular formula is C16H26N2. The van der Waals surface area contributed by atoms with Crippen LogP contribution in [0, 0.1) is 11.8 Å². The average Bonchev–Trinajstić information content (AvgIpc) is 2.42. The van der Waals surface area contributed by atoms with Crippen molar-refractivity contribution in [2.45, 2.75) is 65.3 Å². The minimum absolute atomic E-state index is 1.18. The lowest BCUT2D eigenvalue weighted by Crippen LogP contribution is -2.33. The van der Waals surface area contributed by atoms with Gasteiger partial charge in [-0.1, -0.05) is 39.5 Å². The van der Waals surface area contributed by atoms with Gasteiger partial charge in [-0.15, -0.1) is 0 Å². The first-order valence-corrected chi connectivity index (χ1v) is 7.07. The highest BCUT2D eigenvalue weighted by molar-refractivity contribution is 5.04. The molecule has 2 heteroatoms. The summed E-state index contributed by atoms with van der Waals surface area (Å²) < 4.78 is 2.34. The fourth-order valence-electron chi connectivity index (χ4n) is 2.05. The number of aromatic nitrogens is 1. The van der Waals surface area contributed by atoms with Crippen LogP contribution in [0.5, 0.6) is 0 Å². The summed E-state index contributed by atoms with van der Waals surface area (Å²) in [6, 6.07) is 4.41. The summed E-state index contributed by atoms with van der Waals surface area (Å²) in [6.07, 6.45) is 13.8. The number of aryl methyl sites for hydroxylation is 2. The topological polar surface area (TPSA) is 27.7 Å². The van der Waals surface area contributed by atoms with Gasteiger partial charge in [0.2, 0.25) is 0 Å². The molecular weight excluding hydrogens is 220 g/mol. The van der Waals surface area contributed by atoms with E-state index in [-0.39, 0.29) is 0 Å². The number of hydrogen-bond donors (Lipinski definition) is 0. The summed E-state index contributed by atoms with van der Waals surface area (Å²) in [5.74, 6) is 0. The van der Waals surface area contributed by atoms with Crippen LogP contribution >= 0.6 is 0 Å². The van der Waals surface area contributed by atoms with Crippen molar-refractivity contribution in [3.63, 3.8) is 0 Å². The zero-order chi connectivity index (χ0) is 13.6. The van der Waals surface area contributed by atoms with E-state index in [4.69, 9.17) is 11.8 Å². The fourth-order valence-corrected chi connectivity index (χ4v) is 2.05. The van der Waals surface area contributed by atoms with Crippen LogP contribution in [0.1, 0.15) is 57.9 Å². The summed E-state index contributed by atoms with van der Waals surface area (Å²) in [6.45, 7) is 10.4. The molecule has 100 valence electrons. The Hall–Kier alpha value is -1.36. The Balaban J connectivity index is 0.00000137. The Morgan fingerprint density at radius 2 is 1.78 bits per heavy atom. The molecule has 1 aromatic heterocycles. The van der Waals surface area contributed by atoms with Crippen LogP contribution in [-0.4, -0.2) is 0 Å². The van der Waals surface area contributed by atoms with Crippen LogP contribution in [0.2, 0.25) is 0 Å². The number of unbranched alkanes of at least 4 members (excludes halogenated alkanes) is 4. The van der Waals surface area contributed by atoms with E-state index >= 15 is 0 Å². The minimum Gasteiger partial charge on any atom is -0.512 e. The van der Waals surface area contributed by atoms with Crippen LogP contribution in [0.4, 0.5) is 0 Å². The molecule has 0 aliphatic carbocycles. The van der Waals surface area contributed by atoms with Crippen LogP contribution < -0.4 is 4.57 Å². The third-order valence-electron chi connectivity index (χ3n) is 2.98. The predicted molar refractivity (Wildman–Crippen MR) is 74.4 cm³/mol. The molecule has 0 aliphatic rings. The molecule has 1 aromatic rings. The molecule has 1 heterocycles. The molecule has 0 bridgehead atoms. The second-order valence-corrected chi connectivity index (χ2v) is 4.61. The Morgan fingerprint density at radius 1 is 1.06 bits per heavy atom. The van der Waals surface area contributed by atoms with E-state index in [0.29, 0.717) is 0 Å². The molecule has 0 N–H and O–H groups in total. The van der Waals surface area contributed by atoms with Crippen LogP contribution in [0.15, 0.2) is 24.5 Å². The minimum atomic E-state index is 1.18. The molecule has 0 aliphatic heterocycles. The van der Waals surface area contributed by atoms with Crippen molar-refractivity contribution in [2.24, 2.45) is 0 Å². The standard InChI is InChI=1S/C15H26N.CN/c1-3-5-6-7-8-12-16-13-9-11-15(14-16)10-4-2;1-2/h9,11,13-14H,3-8,10,12H2,1-2H3;/q+1;-1. The van der Waals surface area contributed by atoms with Gasteiger partial charge in [-0.25, -0.2) is 4.57 Å². The molecule has 0 fully saturated rings. The van der Waals surface area contributed by atoms with Crippen LogP contribution in [-0.2, 0) is 13.0 Å². The van der Waals surface area contributed by atoms with E-state index in [0.717, 1.165) is 0 Å². The normalized spacial score (nSPS) is 9.56. The highest BCUT2D eigenvalue weighted by Crippen LogP contribution is 2.03. The fraction of sp³-hybridized carbons (Fsp3) is 0.625. The third kappa shape index (κ3) is 7.84. The van der Waals surface area contributed by atoms with Crippen molar-refractivity contribution in [2.75, 3.05) is 0 Å². The summed E-state index contributed by atoms with van der Waals surface area (Å²) in [5.41, 5.74) is 1.47. The van der Waals surface area contributed by atoms with Crippen molar-refractivity contribution in [1.29, 1.82) is 5.26 Å². The molecule has 1 rings (SSSR count). The molecule has 18 heavy (non-hydrogen) atoms. The maximum Gasteiger partial charge on any atom is 0.171 e. The van der Waals surface area contributed by atoms with Crippen LogP contribution in [0.25, 0.3) is 0 Å². The molecule has 0 amide bonds. The van der Waals surface area contributed by atoms with E-state index in [2.05, 4.69) is 42.9 Å². The summed E-state index contributed by atoms with van der Waals surface area (Å²) in [7, 11) is 0. The summed E-state index contributed by atoms with van der Waals surface area (Å²) in [4.78, 5) is 0. The second-order valence-electron chi connectivity index (χ2n) is 4.61. The molecule has 0 radical (unpaired) electrons. The Labute approximate surface area is 112 Å². The molecule has 0 aromatic carbocycles. The SMILES string of the molecule is CCCCCCC[n+]1cccc(CCC)c1.[C-]#N. The van der Waals surface area contributed by atoms with E-state index in [1.807, 2.05) is 0 Å². The summed E-state index contributed by atoms with van der Waals surface area (Å²) >= 11 is 0. The quantitative estimate of drug-likeness (QED) is 0.387. The zero-order valence-electron chi connectivity index (χ0n) is 11.9. The highest BCUT2D eigenvalue weighted by atomic mass is 14.9. The van der Waals surface area contributed by atoms with Gasteiger partial charge in [0, 0.05) is 18.1 Å². The van der Waals surface area contributed by atoms with Gasteiger partial charge in [0.1, 0.15) is 6.54 Å². The molecule has 0 spiro atoms. The number of nitrogens with zero attached hydrogens (tertiary/aromatic N) is 2. The van der Waals surface area contributed by atoms with Crippen molar-refractivity contribution < 1.29 is 4.57 Å². The first kappa shape index (κ1) is 16.6. The first-order valence-electron chi connectivity index (χ1n) is 7.07. The van der Waals surface area contributed by atoms with E-state index in [9.17, 15) is 0 Å². The molecule has 0 saturated heterocycles. The van der Waals surface area contributed by atoms with Gasteiger partial charge in [0.25, 0.3) is 0 Å². The van der Waals surface area contributed by atoms with Gasteiger partial charge in [-0.05, 0) is 18.9 Å². The average molecular weight is 246 g/mol. The van der Waals surface area contributed by atoms with Crippen LogP contribution in [0.3, 0.4) is 0 Å². The zero-order valence-corrected chi connectivity index (χ0v) is 11.9. The van der Waals surface area contributed by atoms with E-state index in [1.54, 1.807) is 0 Å². The Morgan fingerprint density at radius 3 is 2.44 bits per heavy atom. The number of pyridine rings is 1. The van der Waals surface area contributed by atoms with E-state index in [1.165, 1.54) is 57.1 Å². The maximum atomic E-state index is 6.25. The molecule has 2 nitrogen and oxygen atoms in total. The second kappa shape index (κ2) is 12.1. The first-order chi connectivity index (χ1) is 8.86. The third-order valence-corrected chi connectivity index (χ3v) is 2.98. The smallest absolute Gasteiger partial charge is 0.171 e. The Bertz CT molecular complexity index is 318. The monoisotopic (exact) mass is 246 g/mol. The lowest BCUT2D eigenvalue weighted by atomic mass is 10.1. The van der Waals surface area contributed by atoms with Gasteiger partial charge >= 0.3 is 0 Å². The van der Waals surface area contributed by atoms with Gasteiger partial charge in [-0.3, -0.25) is 0 Å². The molecule has 0 saturated carbocycles. The predicted octanol–water partition coefficient (Wildman–Crippen LogP) is 3.99. The lowest BCUT2D eigenvalue weighted by Gasteiger charge is -2.00. The van der Waals surface area contributed by atoms with Crippen molar-refractivity contribution in [3.05, 3.63) is 36.7 Å². The number of hydrogen-bond acceptors (Lipinski definition) is 1. The number of rotatable bonds is 8. The van der Waals surface area contributed by atoms with Gasteiger partial charge in [0.05, 0.1) is 0 Å². The van der Waals surface area contributed by atoms with E-state index < -0.39 is 0 Å². The molecule has 0 atom stereocenters. The van der Waals surface area contributed by atoms with Crippen molar-refractivity contribution in [1.82, 2.24) is 0 Å². The van der Waals surface area contributed by atoms with Gasteiger partial charge < -0.3 is 11.8 Å². The van der Waals surface area contributed by atoms with Crippen molar-refractivity contribution in [3.8, 4) is 0 Å². The van der Waals surface area contributed by atoms with Gasteiger partial charge in [0.15, 0.2) is 12.4 Å². The summed E-state index contributed by atoms with van der Waals surface area (Å²) in [5, 5.41) is 6.25. The highest BCUT2D eigenvalue weighted by Gasteiger charge is 2.01. The molecule has 0 unspecified atom stereocenters. The largest absolute Gasteiger partial charge is 0.512 e.